The van der Waals surface area contributed by atoms with Gasteiger partial charge in [0.15, 0.2) is 5.82 Å². The summed E-state index contributed by atoms with van der Waals surface area (Å²) in [5.74, 6) is -1.17. The molecule has 0 aliphatic carbocycles. The average molecular weight is 232 g/mol. The van der Waals surface area contributed by atoms with Crippen LogP contribution >= 0.6 is 11.6 Å². The topological polar surface area (TPSA) is 87.7 Å². The van der Waals surface area contributed by atoms with Gasteiger partial charge in [0.2, 0.25) is 0 Å². The van der Waals surface area contributed by atoms with Crippen molar-refractivity contribution in [1.82, 2.24) is 5.43 Å². The quantitative estimate of drug-likeness (QED) is 0.527. The molecule has 1 aromatic rings. The van der Waals surface area contributed by atoms with Crippen molar-refractivity contribution in [2.75, 3.05) is 0 Å². The molecule has 0 radical (unpaired) electrons. The molecule has 0 unspecified atom stereocenters. The lowest BCUT2D eigenvalue weighted by Crippen LogP contribution is -2.24. The SMILES string of the molecule is NC(=O)NN=Cc1c(O)ccc(Cl)c1F. The first-order valence-electron chi connectivity index (χ1n) is 3.78. The molecule has 0 atom stereocenters. The number of rotatable bonds is 2. The minimum atomic E-state index is -0.895. The number of hydrazone groups is 1. The molecule has 2 amide bonds. The fourth-order valence-corrected chi connectivity index (χ4v) is 1.00. The third-order valence-corrected chi connectivity index (χ3v) is 1.77. The third-order valence-electron chi connectivity index (χ3n) is 1.48. The van der Waals surface area contributed by atoms with Crippen LogP contribution in [0.15, 0.2) is 17.2 Å². The molecule has 0 fully saturated rings. The lowest BCUT2D eigenvalue weighted by atomic mass is 10.2. The number of nitrogens with two attached hydrogens (primary N) is 1. The summed E-state index contributed by atoms with van der Waals surface area (Å²) in [7, 11) is 0. The number of benzene rings is 1. The number of urea groups is 1. The normalized spacial score (nSPS) is 10.5. The minimum absolute atomic E-state index is 0.159. The van der Waals surface area contributed by atoms with Crippen molar-refractivity contribution in [3.05, 3.63) is 28.5 Å². The van der Waals surface area contributed by atoms with Crippen molar-refractivity contribution in [2.45, 2.75) is 0 Å². The molecular weight excluding hydrogens is 225 g/mol. The van der Waals surface area contributed by atoms with Gasteiger partial charge in [0.25, 0.3) is 0 Å². The zero-order valence-electron chi connectivity index (χ0n) is 7.37. The molecule has 4 N–H and O–H groups in total. The van der Waals surface area contributed by atoms with Gasteiger partial charge in [0, 0.05) is 0 Å². The highest BCUT2D eigenvalue weighted by Crippen LogP contribution is 2.24. The van der Waals surface area contributed by atoms with Crippen LogP contribution in [0.5, 0.6) is 5.75 Å². The zero-order valence-corrected chi connectivity index (χ0v) is 8.12. The van der Waals surface area contributed by atoms with E-state index in [1.54, 1.807) is 0 Å². The van der Waals surface area contributed by atoms with Gasteiger partial charge < -0.3 is 10.8 Å². The number of hydrogen-bond acceptors (Lipinski definition) is 3. The fourth-order valence-electron chi connectivity index (χ4n) is 0.839. The lowest BCUT2D eigenvalue weighted by Gasteiger charge is -2.01. The first kappa shape index (κ1) is 11.3. The van der Waals surface area contributed by atoms with Gasteiger partial charge in [-0.25, -0.2) is 14.6 Å². The third kappa shape index (κ3) is 2.81. The van der Waals surface area contributed by atoms with Crippen LogP contribution in [0.25, 0.3) is 0 Å². The van der Waals surface area contributed by atoms with Crippen LogP contribution in [0.4, 0.5) is 9.18 Å². The highest BCUT2D eigenvalue weighted by Gasteiger charge is 2.09. The Morgan fingerprint density at radius 2 is 2.33 bits per heavy atom. The molecular formula is C8H7ClFN3O2. The number of primary amides is 1. The van der Waals surface area contributed by atoms with E-state index >= 15 is 0 Å². The van der Waals surface area contributed by atoms with Crippen LogP contribution in [-0.2, 0) is 0 Å². The maximum Gasteiger partial charge on any atom is 0.332 e. The summed E-state index contributed by atoms with van der Waals surface area (Å²) in [6.45, 7) is 0. The number of phenolic OH excluding ortho intramolecular Hbond substituents is 1. The summed E-state index contributed by atoms with van der Waals surface area (Å²) in [4.78, 5) is 10.2. The number of phenols is 1. The summed E-state index contributed by atoms with van der Waals surface area (Å²) >= 11 is 5.47. The molecule has 80 valence electrons. The van der Waals surface area contributed by atoms with Crippen LogP contribution in [0.1, 0.15) is 5.56 Å². The largest absolute Gasteiger partial charge is 0.507 e. The summed E-state index contributed by atoms with van der Waals surface area (Å²) in [5, 5.41) is 12.4. The Kier molecular flexibility index (Phi) is 3.46. The molecule has 7 heteroatoms. The van der Waals surface area contributed by atoms with Gasteiger partial charge in [-0.2, -0.15) is 5.10 Å². The molecule has 0 aromatic heterocycles. The summed E-state index contributed by atoms with van der Waals surface area (Å²) in [6, 6.07) is 1.51. The fraction of sp³-hybridized carbons (Fsp3) is 0. The number of hydrogen-bond donors (Lipinski definition) is 3. The van der Waals surface area contributed by atoms with Gasteiger partial charge in [-0.05, 0) is 12.1 Å². The number of carbonyl (C=O) groups is 1. The Bertz CT molecular complexity index is 423. The Morgan fingerprint density at radius 3 is 2.93 bits per heavy atom. The minimum Gasteiger partial charge on any atom is -0.507 e. The van der Waals surface area contributed by atoms with E-state index in [0.717, 1.165) is 6.21 Å². The smallest absolute Gasteiger partial charge is 0.332 e. The van der Waals surface area contributed by atoms with Crippen molar-refractivity contribution >= 4 is 23.8 Å². The number of nitrogens with one attached hydrogen (secondary N) is 1. The Balaban J connectivity index is 2.98. The predicted molar refractivity (Wildman–Crippen MR) is 53.4 cm³/mol. The maximum absolute atomic E-state index is 13.3. The van der Waals surface area contributed by atoms with Crippen LogP contribution in [-0.4, -0.2) is 17.4 Å². The molecule has 0 heterocycles. The summed E-state index contributed by atoms with van der Waals surface area (Å²) in [5.41, 5.74) is 6.35. The van der Waals surface area contributed by atoms with Crippen LogP contribution in [0.2, 0.25) is 5.02 Å². The first-order valence-corrected chi connectivity index (χ1v) is 4.15. The van der Waals surface area contributed by atoms with Crippen molar-refractivity contribution in [3.63, 3.8) is 0 Å². The van der Waals surface area contributed by atoms with Crippen molar-refractivity contribution in [2.24, 2.45) is 10.8 Å². The molecule has 0 saturated heterocycles. The van der Waals surface area contributed by atoms with Gasteiger partial charge >= 0.3 is 6.03 Å². The number of carbonyl (C=O) groups excluding carboxylic acids is 1. The molecule has 0 saturated carbocycles. The van der Waals surface area contributed by atoms with E-state index in [4.69, 9.17) is 17.3 Å². The van der Waals surface area contributed by atoms with E-state index in [2.05, 4.69) is 5.10 Å². The van der Waals surface area contributed by atoms with E-state index in [0.29, 0.717) is 0 Å². The number of halogens is 2. The zero-order chi connectivity index (χ0) is 11.4. The number of nitrogens with zero attached hydrogens (tertiary/aromatic N) is 1. The van der Waals surface area contributed by atoms with Crippen LogP contribution < -0.4 is 11.2 Å². The van der Waals surface area contributed by atoms with E-state index in [9.17, 15) is 14.3 Å². The Hall–Kier alpha value is -1.82. The second-order valence-corrected chi connectivity index (χ2v) is 2.94. The molecule has 1 aromatic carbocycles. The second kappa shape index (κ2) is 4.61. The van der Waals surface area contributed by atoms with Gasteiger partial charge in [-0.1, -0.05) is 11.6 Å². The van der Waals surface area contributed by atoms with E-state index < -0.39 is 11.8 Å². The van der Waals surface area contributed by atoms with E-state index in [-0.39, 0.29) is 16.3 Å². The summed E-state index contributed by atoms with van der Waals surface area (Å²) < 4.78 is 13.3. The molecule has 1 rings (SSSR count). The molecule has 0 spiro atoms. The lowest BCUT2D eigenvalue weighted by molar-refractivity contribution is 0.249. The van der Waals surface area contributed by atoms with Gasteiger partial charge in [-0.15, -0.1) is 0 Å². The highest BCUT2D eigenvalue weighted by atomic mass is 35.5. The van der Waals surface area contributed by atoms with Gasteiger partial charge in [0.1, 0.15) is 5.75 Å². The summed E-state index contributed by atoms with van der Waals surface area (Å²) in [6.07, 6.45) is 0.904. The van der Waals surface area contributed by atoms with Gasteiger partial charge in [0.05, 0.1) is 16.8 Å². The molecule has 0 aliphatic rings. The average Bonchev–Trinajstić information content (AvgIpc) is 2.17. The van der Waals surface area contributed by atoms with Crippen LogP contribution in [0, 0.1) is 5.82 Å². The van der Waals surface area contributed by atoms with Crippen LogP contribution in [0.3, 0.4) is 0 Å². The van der Waals surface area contributed by atoms with Crippen molar-refractivity contribution in [3.8, 4) is 5.75 Å². The van der Waals surface area contributed by atoms with Gasteiger partial charge in [-0.3, -0.25) is 0 Å². The highest BCUT2D eigenvalue weighted by molar-refractivity contribution is 6.31. The second-order valence-electron chi connectivity index (χ2n) is 2.53. The Labute approximate surface area is 89.3 Å². The maximum atomic E-state index is 13.3. The standard InChI is InChI=1S/C8H7ClFN3O2/c9-5-1-2-6(14)4(7(5)10)3-12-13-8(11)15/h1-3,14H,(H3,11,13,15). The van der Waals surface area contributed by atoms with E-state index in [1.165, 1.54) is 12.1 Å². The first-order chi connectivity index (χ1) is 7.02. The van der Waals surface area contributed by atoms with E-state index in [1.807, 2.05) is 5.43 Å². The molecule has 0 bridgehead atoms. The number of amides is 2. The monoisotopic (exact) mass is 231 g/mol. The molecule has 0 aliphatic heterocycles. The van der Waals surface area contributed by atoms with Crippen molar-refractivity contribution < 1.29 is 14.3 Å². The molecule has 15 heavy (non-hydrogen) atoms. The molecule has 5 nitrogen and oxygen atoms in total. The van der Waals surface area contributed by atoms with Crippen molar-refractivity contribution in [1.29, 1.82) is 0 Å². The number of aromatic hydroxyl groups is 1. The Morgan fingerprint density at radius 1 is 1.67 bits per heavy atom. The predicted octanol–water partition coefficient (Wildman–Crippen LogP) is 1.19.